The van der Waals surface area contributed by atoms with Gasteiger partial charge in [-0.2, -0.15) is 11.8 Å². The topological polar surface area (TPSA) is 102 Å². The lowest BCUT2D eigenvalue weighted by molar-refractivity contribution is -0.384. The number of hydrogen-bond acceptors (Lipinski definition) is 6. The summed E-state index contributed by atoms with van der Waals surface area (Å²) in [5.41, 5.74) is 2.29. The molecule has 1 unspecified atom stereocenters. The van der Waals surface area contributed by atoms with Crippen LogP contribution in [0.4, 0.5) is 11.4 Å². The van der Waals surface area contributed by atoms with E-state index in [0.717, 1.165) is 12.2 Å². The molecule has 0 saturated carbocycles. The van der Waals surface area contributed by atoms with Crippen molar-refractivity contribution in [1.29, 1.82) is 0 Å². The number of thioether (sulfide) groups is 1. The molecule has 0 radical (unpaired) electrons. The number of nitrogen functional groups attached to an aromatic ring is 1. The van der Waals surface area contributed by atoms with Crippen LogP contribution in [0.3, 0.4) is 0 Å². The molecule has 0 aliphatic carbocycles. The van der Waals surface area contributed by atoms with E-state index in [4.69, 9.17) is 5.84 Å². The maximum absolute atomic E-state index is 12.5. The van der Waals surface area contributed by atoms with Gasteiger partial charge in [0.05, 0.1) is 10.5 Å². The molecule has 1 atom stereocenters. The Balaban J connectivity index is 3.07. The summed E-state index contributed by atoms with van der Waals surface area (Å²) in [5, 5.41) is 11.0. The SMILES string of the molecule is CSCCC(C)N(C)C(=O)c1cccc([N+](=O)[O-])c1NN. The normalized spacial score (nSPS) is 11.8. The molecular formula is C13H20N4O3S. The van der Waals surface area contributed by atoms with E-state index in [1.807, 2.05) is 13.2 Å². The number of anilines is 1. The van der Waals surface area contributed by atoms with Gasteiger partial charge < -0.3 is 10.3 Å². The van der Waals surface area contributed by atoms with E-state index in [0.29, 0.717) is 0 Å². The molecule has 3 N–H and O–H groups in total. The number of carbonyl (C=O) groups excluding carboxylic acids is 1. The fourth-order valence-electron chi connectivity index (χ4n) is 1.89. The number of nitrogens with two attached hydrogens (primary N) is 1. The fraction of sp³-hybridized carbons (Fsp3) is 0.462. The monoisotopic (exact) mass is 312 g/mol. The number of carbonyl (C=O) groups is 1. The highest BCUT2D eigenvalue weighted by Crippen LogP contribution is 2.28. The van der Waals surface area contributed by atoms with Crippen LogP contribution in [-0.2, 0) is 0 Å². The molecule has 0 bridgehead atoms. The number of hydrazine groups is 1. The van der Waals surface area contributed by atoms with Crippen molar-refractivity contribution < 1.29 is 9.72 Å². The van der Waals surface area contributed by atoms with Crippen LogP contribution in [-0.4, -0.2) is 40.8 Å². The summed E-state index contributed by atoms with van der Waals surface area (Å²) in [4.78, 5) is 24.5. The minimum atomic E-state index is -0.566. The summed E-state index contributed by atoms with van der Waals surface area (Å²) in [6.45, 7) is 1.95. The van der Waals surface area contributed by atoms with Gasteiger partial charge in [0, 0.05) is 19.2 Å². The van der Waals surface area contributed by atoms with E-state index in [1.54, 1.807) is 23.7 Å². The molecule has 0 saturated heterocycles. The molecule has 0 spiro atoms. The number of nitrogens with one attached hydrogen (secondary N) is 1. The number of hydrogen-bond donors (Lipinski definition) is 2. The molecule has 21 heavy (non-hydrogen) atoms. The second-order valence-electron chi connectivity index (χ2n) is 4.65. The summed E-state index contributed by atoms with van der Waals surface area (Å²) in [7, 11) is 1.69. The van der Waals surface area contributed by atoms with Gasteiger partial charge in [-0.1, -0.05) is 6.07 Å². The Bertz CT molecular complexity index is 524. The fourth-order valence-corrected chi connectivity index (χ4v) is 2.47. The maximum atomic E-state index is 12.5. The van der Waals surface area contributed by atoms with Crippen LogP contribution in [0.2, 0.25) is 0 Å². The summed E-state index contributed by atoms with van der Waals surface area (Å²) in [6.07, 6.45) is 2.86. The van der Waals surface area contributed by atoms with Crippen LogP contribution in [0.15, 0.2) is 18.2 Å². The van der Waals surface area contributed by atoms with Gasteiger partial charge in [-0.15, -0.1) is 0 Å². The minimum absolute atomic E-state index is 0.0369. The van der Waals surface area contributed by atoms with Crippen LogP contribution < -0.4 is 11.3 Å². The van der Waals surface area contributed by atoms with Crippen molar-refractivity contribution in [1.82, 2.24) is 4.90 Å². The van der Waals surface area contributed by atoms with Gasteiger partial charge >= 0.3 is 0 Å². The molecular weight excluding hydrogens is 292 g/mol. The van der Waals surface area contributed by atoms with Gasteiger partial charge in [0.25, 0.3) is 11.6 Å². The summed E-state index contributed by atoms with van der Waals surface area (Å²) < 4.78 is 0. The number of amides is 1. The first-order valence-corrected chi connectivity index (χ1v) is 7.83. The second kappa shape index (κ2) is 7.84. The van der Waals surface area contributed by atoms with E-state index in [-0.39, 0.29) is 28.9 Å². The Labute approximate surface area is 128 Å². The number of nitro benzene ring substituents is 1. The third kappa shape index (κ3) is 4.08. The molecule has 8 heteroatoms. The van der Waals surface area contributed by atoms with Crippen molar-refractivity contribution >= 4 is 29.0 Å². The number of nitrogens with zero attached hydrogens (tertiary/aromatic N) is 2. The molecule has 0 heterocycles. The molecule has 1 rings (SSSR count). The number of para-hydroxylation sites is 1. The van der Waals surface area contributed by atoms with Gasteiger partial charge in [0.2, 0.25) is 0 Å². The summed E-state index contributed by atoms with van der Waals surface area (Å²) in [6, 6.07) is 4.35. The third-order valence-electron chi connectivity index (χ3n) is 3.34. The van der Waals surface area contributed by atoms with E-state index in [1.165, 1.54) is 18.2 Å². The Hall–Kier alpha value is -1.80. The molecule has 1 aromatic rings. The zero-order valence-corrected chi connectivity index (χ0v) is 13.1. The lowest BCUT2D eigenvalue weighted by Gasteiger charge is -2.25. The minimum Gasteiger partial charge on any atom is -0.339 e. The van der Waals surface area contributed by atoms with Crippen molar-refractivity contribution in [3.05, 3.63) is 33.9 Å². The first kappa shape index (κ1) is 17.3. The predicted octanol–water partition coefficient (Wildman–Crippen LogP) is 2.09. The van der Waals surface area contributed by atoms with Crippen molar-refractivity contribution in [2.75, 3.05) is 24.5 Å². The van der Waals surface area contributed by atoms with Gasteiger partial charge in [-0.25, -0.2) is 0 Å². The lowest BCUT2D eigenvalue weighted by Crippen LogP contribution is -2.36. The van der Waals surface area contributed by atoms with Gasteiger partial charge in [0.1, 0.15) is 5.69 Å². The van der Waals surface area contributed by atoms with Crippen LogP contribution in [0.25, 0.3) is 0 Å². The van der Waals surface area contributed by atoms with Crippen molar-refractivity contribution in [3.8, 4) is 0 Å². The number of benzene rings is 1. The molecule has 116 valence electrons. The van der Waals surface area contributed by atoms with Crippen LogP contribution >= 0.6 is 11.8 Å². The first-order chi connectivity index (χ1) is 9.93. The maximum Gasteiger partial charge on any atom is 0.294 e. The molecule has 1 amide bonds. The van der Waals surface area contributed by atoms with Crippen molar-refractivity contribution in [2.45, 2.75) is 19.4 Å². The highest BCUT2D eigenvalue weighted by atomic mass is 32.2. The Kier molecular flexibility index (Phi) is 6.44. The molecule has 0 aliphatic rings. The highest BCUT2D eigenvalue weighted by molar-refractivity contribution is 7.98. The number of nitro groups is 1. The van der Waals surface area contributed by atoms with Crippen LogP contribution in [0.5, 0.6) is 0 Å². The average molecular weight is 312 g/mol. The van der Waals surface area contributed by atoms with Gasteiger partial charge in [-0.3, -0.25) is 20.8 Å². The number of rotatable bonds is 7. The quantitative estimate of drug-likeness (QED) is 0.454. The van der Waals surface area contributed by atoms with Crippen LogP contribution in [0.1, 0.15) is 23.7 Å². The lowest BCUT2D eigenvalue weighted by atomic mass is 10.1. The average Bonchev–Trinajstić information content (AvgIpc) is 2.49. The third-order valence-corrected chi connectivity index (χ3v) is 3.98. The summed E-state index contributed by atoms with van der Waals surface area (Å²) in [5.74, 6) is 6.00. The van der Waals surface area contributed by atoms with E-state index in [2.05, 4.69) is 5.43 Å². The second-order valence-corrected chi connectivity index (χ2v) is 5.63. The Morgan fingerprint density at radius 1 is 1.57 bits per heavy atom. The van der Waals surface area contributed by atoms with E-state index < -0.39 is 4.92 Å². The van der Waals surface area contributed by atoms with Gasteiger partial charge in [0.15, 0.2) is 0 Å². The largest absolute Gasteiger partial charge is 0.339 e. The zero-order valence-electron chi connectivity index (χ0n) is 12.3. The van der Waals surface area contributed by atoms with Crippen molar-refractivity contribution in [3.63, 3.8) is 0 Å². The standard InChI is InChI=1S/C13H20N4O3S/c1-9(7-8-21-3)16(2)13(18)10-5-4-6-11(17(19)20)12(10)15-14/h4-6,9,15H,7-8,14H2,1-3H3. The summed E-state index contributed by atoms with van der Waals surface area (Å²) >= 11 is 1.71. The molecule has 0 aliphatic heterocycles. The van der Waals surface area contributed by atoms with Crippen molar-refractivity contribution in [2.24, 2.45) is 5.84 Å². The zero-order chi connectivity index (χ0) is 16.0. The van der Waals surface area contributed by atoms with Crippen LogP contribution in [0, 0.1) is 10.1 Å². The molecule has 7 nitrogen and oxygen atoms in total. The van der Waals surface area contributed by atoms with E-state index in [9.17, 15) is 14.9 Å². The Morgan fingerprint density at radius 2 is 2.24 bits per heavy atom. The molecule has 0 aromatic heterocycles. The van der Waals surface area contributed by atoms with Gasteiger partial charge in [-0.05, 0) is 31.4 Å². The van der Waals surface area contributed by atoms with E-state index >= 15 is 0 Å². The smallest absolute Gasteiger partial charge is 0.294 e. The Morgan fingerprint density at radius 3 is 2.76 bits per heavy atom. The predicted molar refractivity (Wildman–Crippen MR) is 85.5 cm³/mol. The molecule has 1 aromatic carbocycles. The first-order valence-electron chi connectivity index (χ1n) is 6.44. The highest BCUT2D eigenvalue weighted by Gasteiger charge is 2.24. The molecule has 0 fully saturated rings.